The lowest BCUT2D eigenvalue weighted by Gasteiger charge is -2.05. The number of hydrogen-bond acceptors (Lipinski definition) is 3. The second-order valence-corrected chi connectivity index (χ2v) is 4.47. The highest BCUT2D eigenvalue weighted by molar-refractivity contribution is 5.87. The maximum Gasteiger partial charge on any atom is 0.153 e. The van der Waals surface area contributed by atoms with Crippen molar-refractivity contribution in [3.05, 3.63) is 54.4 Å². The maximum atomic E-state index is 5.98. The van der Waals surface area contributed by atoms with Gasteiger partial charge in [-0.1, -0.05) is 29.8 Å². The molecule has 4 heteroatoms. The van der Waals surface area contributed by atoms with E-state index < -0.39 is 0 Å². The fourth-order valence-corrected chi connectivity index (χ4v) is 2.17. The van der Waals surface area contributed by atoms with Crippen LogP contribution in [0.3, 0.4) is 0 Å². The van der Waals surface area contributed by atoms with E-state index in [9.17, 15) is 0 Å². The Morgan fingerprint density at radius 3 is 2.68 bits per heavy atom. The summed E-state index contributed by atoms with van der Waals surface area (Å²) in [6.07, 6.45) is 3.53. The molecule has 4 nitrogen and oxygen atoms in total. The number of hydrogen-bond donors (Lipinski definition) is 2. The molecule has 2 aromatic heterocycles. The van der Waals surface area contributed by atoms with Crippen molar-refractivity contribution in [2.45, 2.75) is 6.92 Å². The van der Waals surface area contributed by atoms with Gasteiger partial charge in [0.15, 0.2) is 5.82 Å². The van der Waals surface area contributed by atoms with Crippen LogP contribution in [0.2, 0.25) is 0 Å². The molecule has 0 radical (unpaired) electrons. The van der Waals surface area contributed by atoms with Gasteiger partial charge in [-0.2, -0.15) is 5.10 Å². The third kappa shape index (κ3) is 2.08. The zero-order valence-electron chi connectivity index (χ0n) is 10.6. The zero-order chi connectivity index (χ0) is 13.2. The highest BCUT2D eigenvalue weighted by Gasteiger charge is 2.14. The molecule has 0 aliphatic heterocycles. The predicted molar refractivity (Wildman–Crippen MR) is 76.4 cm³/mol. The van der Waals surface area contributed by atoms with Crippen molar-refractivity contribution in [1.82, 2.24) is 15.2 Å². The number of nitrogens with one attached hydrogen (secondary N) is 1. The number of aromatic amines is 1. The van der Waals surface area contributed by atoms with E-state index in [-0.39, 0.29) is 0 Å². The van der Waals surface area contributed by atoms with Crippen LogP contribution in [0, 0.1) is 6.92 Å². The minimum atomic E-state index is 0.490. The first-order valence-electron chi connectivity index (χ1n) is 6.07. The molecule has 3 rings (SSSR count). The summed E-state index contributed by atoms with van der Waals surface area (Å²) < 4.78 is 0. The van der Waals surface area contributed by atoms with Crippen molar-refractivity contribution in [2.75, 3.05) is 5.73 Å². The fourth-order valence-electron chi connectivity index (χ4n) is 2.17. The zero-order valence-corrected chi connectivity index (χ0v) is 10.6. The Morgan fingerprint density at radius 1 is 1.11 bits per heavy atom. The molecule has 0 amide bonds. The van der Waals surface area contributed by atoms with E-state index in [2.05, 4.69) is 34.2 Å². The van der Waals surface area contributed by atoms with Crippen molar-refractivity contribution in [3.8, 4) is 22.4 Å². The number of aryl methyl sites for hydroxylation is 1. The Morgan fingerprint density at radius 2 is 1.95 bits per heavy atom. The lowest BCUT2D eigenvalue weighted by Crippen LogP contribution is -1.89. The van der Waals surface area contributed by atoms with Gasteiger partial charge in [0.1, 0.15) is 0 Å². The maximum absolute atomic E-state index is 5.98. The second-order valence-electron chi connectivity index (χ2n) is 4.47. The molecule has 0 atom stereocenters. The number of nitrogen functional groups attached to an aromatic ring is 1. The third-order valence-electron chi connectivity index (χ3n) is 3.05. The number of pyridine rings is 1. The average Bonchev–Trinajstić information content (AvgIpc) is 2.82. The molecule has 94 valence electrons. The van der Waals surface area contributed by atoms with Gasteiger partial charge < -0.3 is 5.73 Å². The number of nitrogens with zero attached hydrogens (tertiary/aromatic N) is 2. The number of aromatic nitrogens is 3. The summed E-state index contributed by atoms with van der Waals surface area (Å²) >= 11 is 0. The van der Waals surface area contributed by atoms with E-state index in [1.807, 2.05) is 24.3 Å². The first-order valence-corrected chi connectivity index (χ1v) is 6.07. The van der Waals surface area contributed by atoms with Crippen molar-refractivity contribution in [3.63, 3.8) is 0 Å². The number of H-pyrrole nitrogens is 1. The normalized spacial score (nSPS) is 10.6. The molecule has 19 heavy (non-hydrogen) atoms. The van der Waals surface area contributed by atoms with Crippen LogP contribution in [-0.4, -0.2) is 15.2 Å². The summed E-state index contributed by atoms with van der Waals surface area (Å²) in [6, 6.07) is 12.1. The molecule has 3 N–H and O–H groups in total. The van der Waals surface area contributed by atoms with Crippen LogP contribution in [0.5, 0.6) is 0 Å². The molecule has 0 fully saturated rings. The first-order chi connectivity index (χ1) is 9.25. The van der Waals surface area contributed by atoms with Gasteiger partial charge in [-0.3, -0.25) is 10.1 Å². The molecule has 3 aromatic rings. The summed E-state index contributed by atoms with van der Waals surface area (Å²) in [5, 5.41) is 7.14. The van der Waals surface area contributed by atoms with Gasteiger partial charge in [0.05, 0.1) is 11.3 Å². The van der Waals surface area contributed by atoms with Crippen molar-refractivity contribution in [2.24, 2.45) is 0 Å². The van der Waals surface area contributed by atoms with Gasteiger partial charge in [-0.05, 0) is 19.1 Å². The largest absolute Gasteiger partial charge is 0.382 e. The highest BCUT2D eigenvalue weighted by atomic mass is 15.2. The van der Waals surface area contributed by atoms with E-state index in [1.54, 1.807) is 12.4 Å². The third-order valence-corrected chi connectivity index (χ3v) is 3.05. The molecule has 0 saturated carbocycles. The Bertz CT molecular complexity index is 701. The SMILES string of the molecule is Cc1cccc(-c2[nH]nc(N)c2-c2cccnc2)c1. The Labute approximate surface area is 111 Å². The van der Waals surface area contributed by atoms with E-state index in [0.717, 1.165) is 22.4 Å². The molecule has 0 aliphatic carbocycles. The van der Waals surface area contributed by atoms with Crippen LogP contribution >= 0.6 is 0 Å². The van der Waals surface area contributed by atoms with Crippen molar-refractivity contribution < 1.29 is 0 Å². The summed E-state index contributed by atoms with van der Waals surface area (Å²) in [7, 11) is 0. The smallest absolute Gasteiger partial charge is 0.153 e. The molecule has 1 aromatic carbocycles. The predicted octanol–water partition coefficient (Wildman–Crippen LogP) is 3.03. The number of nitrogens with two attached hydrogens (primary N) is 1. The van der Waals surface area contributed by atoms with Crippen LogP contribution in [0.15, 0.2) is 48.8 Å². The molecule has 2 heterocycles. The van der Waals surface area contributed by atoms with Crippen LogP contribution < -0.4 is 5.73 Å². The van der Waals surface area contributed by atoms with E-state index in [1.165, 1.54) is 5.56 Å². The summed E-state index contributed by atoms with van der Waals surface area (Å²) in [5.41, 5.74) is 11.0. The number of rotatable bonds is 2. The van der Waals surface area contributed by atoms with Gasteiger partial charge in [-0.15, -0.1) is 0 Å². The molecular weight excluding hydrogens is 236 g/mol. The number of benzene rings is 1. The van der Waals surface area contributed by atoms with Crippen LogP contribution in [0.25, 0.3) is 22.4 Å². The Kier molecular flexibility index (Phi) is 2.76. The molecule has 0 saturated heterocycles. The molecule has 0 aliphatic rings. The minimum absolute atomic E-state index is 0.490. The van der Waals surface area contributed by atoms with E-state index >= 15 is 0 Å². The summed E-state index contributed by atoms with van der Waals surface area (Å²) in [5.74, 6) is 0.490. The standard InChI is InChI=1S/C15H14N4/c1-10-4-2-5-11(8-10)14-13(15(16)19-18-14)12-6-3-7-17-9-12/h2-9H,1H3,(H3,16,18,19). The molecule has 0 spiro atoms. The highest BCUT2D eigenvalue weighted by Crippen LogP contribution is 2.34. The minimum Gasteiger partial charge on any atom is -0.382 e. The topological polar surface area (TPSA) is 67.6 Å². The van der Waals surface area contributed by atoms with E-state index in [0.29, 0.717) is 5.82 Å². The number of anilines is 1. The second kappa shape index (κ2) is 4.57. The van der Waals surface area contributed by atoms with Crippen LogP contribution in [0.4, 0.5) is 5.82 Å². The lowest BCUT2D eigenvalue weighted by atomic mass is 10.0. The van der Waals surface area contributed by atoms with Crippen LogP contribution in [-0.2, 0) is 0 Å². The van der Waals surface area contributed by atoms with Crippen molar-refractivity contribution in [1.29, 1.82) is 0 Å². The summed E-state index contributed by atoms with van der Waals surface area (Å²) in [6.45, 7) is 2.06. The Balaban J connectivity index is 2.19. The molecule has 0 unspecified atom stereocenters. The quantitative estimate of drug-likeness (QED) is 0.734. The first kappa shape index (κ1) is 11.5. The monoisotopic (exact) mass is 250 g/mol. The average molecular weight is 250 g/mol. The fraction of sp³-hybridized carbons (Fsp3) is 0.0667. The van der Waals surface area contributed by atoms with Crippen LogP contribution in [0.1, 0.15) is 5.56 Å². The van der Waals surface area contributed by atoms with Gasteiger partial charge in [0.2, 0.25) is 0 Å². The van der Waals surface area contributed by atoms with Gasteiger partial charge >= 0.3 is 0 Å². The van der Waals surface area contributed by atoms with Gasteiger partial charge in [-0.25, -0.2) is 0 Å². The summed E-state index contributed by atoms with van der Waals surface area (Å²) in [4.78, 5) is 4.14. The van der Waals surface area contributed by atoms with Gasteiger partial charge in [0, 0.05) is 23.5 Å². The Hall–Kier alpha value is -2.62. The lowest BCUT2D eigenvalue weighted by molar-refractivity contribution is 1.10. The molecular formula is C15H14N4. The molecule has 0 bridgehead atoms. The van der Waals surface area contributed by atoms with E-state index in [4.69, 9.17) is 5.73 Å². The van der Waals surface area contributed by atoms with Crippen molar-refractivity contribution >= 4 is 5.82 Å². The van der Waals surface area contributed by atoms with Gasteiger partial charge in [0.25, 0.3) is 0 Å².